The minimum atomic E-state index is -5.12. The number of hydrogen-bond donors (Lipinski definition) is 0. The van der Waals surface area contributed by atoms with Crippen molar-refractivity contribution < 1.29 is 45.3 Å². The van der Waals surface area contributed by atoms with Gasteiger partial charge in [0.15, 0.2) is 0 Å². The van der Waals surface area contributed by atoms with E-state index in [1.807, 2.05) is 0 Å². The van der Waals surface area contributed by atoms with Crippen LogP contribution in [0, 0.1) is 0 Å². The molecular formula is C9H4F6O4. The molecule has 0 aliphatic carbocycles. The molecule has 0 amide bonds. The van der Waals surface area contributed by atoms with Crippen molar-refractivity contribution in [2.45, 2.75) is 12.7 Å². The van der Waals surface area contributed by atoms with Crippen molar-refractivity contribution in [1.29, 1.82) is 0 Å². The first-order valence-corrected chi connectivity index (χ1v) is 4.36. The van der Waals surface area contributed by atoms with Crippen molar-refractivity contribution in [2.75, 3.05) is 0 Å². The summed E-state index contributed by atoms with van der Waals surface area (Å²) in [5.74, 6) is -2.65. The van der Waals surface area contributed by atoms with Gasteiger partial charge in [0, 0.05) is 18.2 Å². The SMILES string of the molecule is O=COc1cc(OC(F)(F)F)cc(OC(F)(F)F)c1. The topological polar surface area (TPSA) is 44.8 Å². The highest BCUT2D eigenvalue weighted by molar-refractivity contribution is 5.50. The first-order valence-electron chi connectivity index (χ1n) is 4.36. The highest BCUT2D eigenvalue weighted by Crippen LogP contribution is 2.33. The van der Waals surface area contributed by atoms with Gasteiger partial charge >= 0.3 is 12.7 Å². The van der Waals surface area contributed by atoms with Crippen LogP contribution in [0.2, 0.25) is 0 Å². The standard InChI is InChI=1S/C9H4F6O4/c10-8(11,12)18-6-1-5(17-4-16)2-7(3-6)19-9(13,14)15/h1-4H. The normalized spacial score (nSPS) is 11.9. The van der Waals surface area contributed by atoms with E-state index in [1.165, 1.54) is 0 Å². The summed E-state index contributed by atoms with van der Waals surface area (Å²) in [5.41, 5.74) is 0. The molecule has 0 heterocycles. The van der Waals surface area contributed by atoms with Gasteiger partial charge in [0.05, 0.1) is 0 Å². The molecule has 0 spiro atoms. The van der Waals surface area contributed by atoms with Gasteiger partial charge in [-0.1, -0.05) is 0 Å². The Balaban J connectivity index is 3.06. The van der Waals surface area contributed by atoms with E-state index in [0.29, 0.717) is 18.2 Å². The zero-order valence-electron chi connectivity index (χ0n) is 8.71. The zero-order chi connectivity index (χ0) is 14.7. The summed E-state index contributed by atoms with van der Waals surface area (Å²) in [6, 6.07) is 1.49. The first kappa shape index (κ1) is 14.9. The van der Waals surface area contributed by atoms with E-state index in [4.69, 9.17) is 0 Å². The average molecular weight is 290 g/mol. The Labute approximate surface area is 101 Å². The fourth-order valence-corrected chi connectivity index (χ4v) is 1.05. The van der Waals surface area contributed by atoms with Gasteiger partial charge in [-0.25, -0.2) is 0 Å². The molecule has 0 aliphatic heterocycles. The number of carbonyl (C=O) groups excluding carboxylic acids is 1. The Morgan fingerprint density at radius 2 is 1.16 bits per heavy atom. The summed E-state index contributed by atoms with van der Waals surface area (Å²) >= 11 is 0. The van der Waals surface area contributed by atoms with Gasteiger partial charge in [-0.2, -0.15) is 0 Å². The molecule has 0 bridgehead atoms. The predicted molar refractivity (Wildman–Crippen MR) is 46.5 cm³/mol. The fourth-order valence-electron chi connectivity index (χ4n) is 1.05. The van der Waals surface area contributed by atoms with Crippen LogP contribution < -0.4 is 14.2 Å². The van der Waals surface area contributed by atoms with Gasteiger partial charge in [-0.3, -0.25) is 4.79 Å². The number of halogens is 6. The molecule has 1 rings (SSSR count). The maximum absolute atomic E-state index is 11.9. The van der Waals surface area contributed by atoms with Crippen LogP contribution in [0.15, 0.2) is 18.2 Å². The quantitative estimate of drug-likeness (QED) is 0.631. The molecule has 0 saturated heterocycles. The molecule has 0 aliphatic rings. The third kappa shape index (κ3) is 5.84. The number of carbonyl (C=O) groups is 1. The van der Waals surface area contributed by atoms with E-state index < -0.39 is 30.0 Å². The molecule has 10 heteroatoms. The Bertz CT molecular complexity index is 419. The second-order valence-electron chi connectivity index (χ2n) is 2.95. The van der Waals surface area contributed by atoms with Crippen LogP contribution in [0.5, 0.6) is 17.2 Å². The smallest absolute Gasteiger partial charge is 0.428 e. The van der Waals surface area contributed by atoms with Gasteiger partial charge in [0.1, 0.15) is 17.2 Å². The molecule has 106 valence electrons. The van der Waals surface area contributed by atoms with Gasteiger partial charge in [0.2, 0.25) is 0 Å². The number of rotatable bonds is 4. The molecule has 1 aromatic rings. The van der Waals surface area contributed by atoms with E-state index in [1.54, 1.807) is 0 Å². The van der Waals surface area contributed by atoms with E-state index in [0.717, 1.165) is 0 Å². The fraction of sp³-hybridized carbons (Fsp3) is 0.222. The minimum absolute atomic E-state index is 0.177. The molecule has 0 aromatic heterocycles. The molecule has 0 saturated carbocycles. The largest absolute Gasteiger partial charge is 0.573 e. The molecule has 0 unspecified atom stereocenters. The van der Waals surface area contributed by atoms with Crippen LogP contribution in [-0.2, 0) is 4.79 Å². The maximum atomic E-state index is 11.9. The molecule has 0 atom stereocenters. The van der Waals surface area contributed by atoms with E-state index in [9.17, 15) is 31.1 Å². The van der Waals surface area contributed by atoms with Crippen LogP contribution in [-0.4, -0.2) is 19.2 Å². The predicted octanol–water partition coefficient (Wildman–Crippen LogP) is 3.02. The molecule has 1 aromatic carbocycles. The van der Waals surface area contributed by atoms with Crippen molar-refractivity contribution in [3.63, 3.8) is 0 Å². The van der Waals surface area contributed by atoms with Crippen molar-refractivity contribution in [2.24, 2.45) is 0 Å². The summed E-state index contributed by atoms with van der Waals surface area (Å²) < 4.78 is 82.5. The number of alkyl halides is 6. The highest BCUT2D eigenvalue weighted by Gasteiger charge is 2.34. The Morgan fingerprint density at radius 1 is 0.789 bits per heavy atom. The summed E-state index contributed by atoms with van der Waals surface area (Å²) in [5, 5.41) is 0. The number of hydrogen-bond acceptors (Lipinski definition) is 4. The summed E-state index contributed by atoms with van der Waals surface area (Å²) in [4.78, 5) is 10.0. The van der Waals surface area contributed by atoms with Crippen molar-refractivity contribution >= 4 is 6.47 Å². The third-order valence-corrected chi connectivity index (χ3v) is 1.50. The van der Waals surface area contributed by atoms with Gasteiger partial charge in [0.25, 0.3) is 6.47 Å². The lowest BCUT2D eigenvalue weighted by Crippen LogP contribution is -2.19. The van der Waals surface area contributed by atoms with Gasteiger partial charge < -0.3 is 14.2 Å². The van der Waals surface area contributed by atoms with Crippen molar-refractivity contribution in [1.82, 2.24) is 0 Å². The maximum Gasteiger partial charge on any atom is 0.573 e. The summed E-state index contributed by atoms with van der Waals surface area (Å²) in [6.45, 7) is -0.177. The molecule has 19 heavy (non-hydrogen) atoms. The van der Waals surface area contributed by atoms with E-state index in [-0.39, 0.29) is 6.47 Å². The molecule has 0 radical (unpaired) electrons. The van der Waals surface area contributed by atoms with E-state index in [2.05, 4.69) is 14.2 Å². The summed E-state index contributed by atoms with van der Waals surface area (Å²) in [6.07, 6.45) is -10.2. The van der Waals surface area contributed by atoms with Crippen LogP contribution in [0.1, 0.15) is 0 Å². The third-order valence-electron chi connectivity index (χ3n) is 1.50. The lowest BCUT2D eigenvalue weighted by Gasteiger charge is -2.13. The van der Waals surface area contributed by atoms with Crippen molar-refractivity contribution in [3.05, 3.63) is 18.2 Å². The second kappa shape index (κ2) is 5.24. The first-order chi connectivity index (χ1) is 8.59. The summed E-state index contributed by atoms with van der Waals surface area (Å²) in [7, 11) is 0. The zero-order valence-corrected chi connectivity index (χ0v) is 8.71. The highest BCUT2D eigenvalue weighted by atomic mass is 19.4. The van der Waals surface area contributed by atoms with Crippen LogP contribution in [0.25, 0.3) is 0 Å². The lowest BCUT2D eigenvalue weighted by atomic mass is 10.3. The monoisotopic (exact) mass is 290 g/mol. The molecule has 0 N–H and O–H groups in total. The molecular weight excluding hydrogens is 286 g/mol. The van der Waals surface area contributed by atoms with Crippen LogP contribution >= 0.6 is 0 Å². The van der Waals surface area contributed by atoms with E-state index >= 15 is 0 Å². The Kier molecular flexibility index (Phi) is 4.12. The second-order valence-corrected chi connectivity index (χ2v) is 2.95. The molecule has 4 nitrogen and oxygen atoms in total. The van der Waals surface area contributed by atoms with Crippen LogP contribution in [0.4, 0.5) is 26.3 Å². The number of benzene rings is 1. The average Bonchev–Trinajstić information content (AvgIpc) is 2.11. The Morgan fingerprint density at radius 3 is 1.47 bits per heavy atom. The van der Waals surface area contributed by atoms with Crippen molar-refractivity contribution in [3.8, 4) is 17.2 Å². The number of ether oxygens (including phenoxy) is 3. The van der Waals surface area contributed by atoms with Crippen LogP contribution in [0.3, 0.4) is 0 Å². The van der Waals surface area contributed by atoms with Gasteiger partial charge in [-0.05, 0) is 0 Å². The lowest BCUT2D eigenvalue weighted by molar-refractivity contribution is -0.276. The molecule has 0 fully saturated rings. The minimum Gasteiger partial charge on any atom is -0.428 e. The Hall–Kier alpha value is -2.13. The van der Waals surface area contributed by atoms with Gasteiger partial charge in [-0.15, -0.1) is 26.3 Å².